The molecule has 1 aromatic heterocycles. The molecule has 0 aliphatic carbocycles. The Morgan fingerprint density at radius 3 is 2.67 bits per heavy atom. The first-order valence-corrected chi connectivity index (χ1v) is 5.72. The van der Waals surface area contributed by atoms with Crippen LogP contribution in [-0.2, 0) is 7.05 Å². The van der Waals surface area contributed by atoms with Crippen LogP contribution in [0.2, 0.25) is 5.02 Å². The molecule has 18 heavy (non-hydrogen) atoms. The fourth-order valence-corrected chi connectivity index (χ4v) is 2.20. The van der Waals surface area contributed by atoms with Gasteiger partial charge in [0, 0.05) is 12.6 Å². The monoisotopic (exact) mass is 271 g/mol. The van der Waals surface area contributed by atoms with Crippen LogP contribution in [0.15, 0.2) is 24.4 Å². The lowest BCUT2D eigenvalue weighted by Gasteiger charge is -2.18. The van der Waals surface area contributed by atoms with Crippen molar-refractivity contribution in [3.05, 3.63) is 52.3 Å². The second-order valence-corrected chi connectivity index (χ2v) is 4.30. The summed E-state index contributed by atoms with van der Waals surface area (Å²) in [7, 11) is 3.35. The van der Waals surface area contributed by atoms with Crippen molar-refractivity contribution in [2.45, 2.75) is 6.04 Å². The highest BCUT2D eigenvalue weighted by Crippen LogP contribution is 2.29. The molecule has 2 aromatic rings. The van der Waals surface area contributed by atoms with E-state index in [0.29, 0.717) is 10.7 Å². The van der Waals surface area contributed by atoms with Crippen LogP contribution < -0.4 is 5.32 Å². The van der Waals surface area contributed by atoms with Crippen LogP contribution in [-0.4, -0.2) is 16.8 Å². The molecule has 0 saturated carbocycles. The molecule has 1 atom stereocenters. The maximum Gasteiger partial charge on any atom is 0.128 e. The normalized spacial score (nSPS) is 12.7. The van der Waals surface area contributed by atoms with E-state index in [4.69, 9.17) is 11.6 Å². The van der Waals surface area contributed by atoms with Crippen molar-refractivity contribution in [3.8, 4) is 0 Å². The second kappa shape index (κ2) is 5.04. The number of hydrogen-bond donors (Lipinski definition) is 1. The van der Waals surface area contributed by atoms with Gasteiger partial charge in [-0.2, -0.15) is 5.10 Å². The van der Waals surface area contributed by atoms with Crippen molar-refractivity contribution in [2.24, 2.45) is 7.05 Å². The lowest BCUT2D eigenvalue weighted by Crippen LogP contribution is -2.22. The van der Waals surface area contributed by atoms with Crippen molar-refractivity contribution < 1.29 is 8.78 Å². The van der Waals surface area contributed by atoms with E-state index in [1.807, 2.05) is 0 Å². The highest BCUT2D eigenvalue weighted by molar-refractivity contribution is 6.31. The molecule has 0 fully saturated rings. The highest BCUT2D eigenvalue weighted by atomic mass is 35.5. The minimum atomic E-state index is -0.555. The summed E-state index contributed by atoms with van der Waals surface area (Å²) in [5.74, 6) is -0.988. The SMILES string of the molecule is CNC(c1cc(F)ccc1F)c1c(Cl)cnn1C. The second-order valence-electron chi connectivity index (χ2n) is 3.89. The molecule has 0 aliphatic heterocycles. The van der Waals surface area contributed by atoms with Gasteiger partial charge in [-0.25, -0.2) is 8.78 Å². The number of rotatable bonds is 3. The smallest absolute Gasteiger partial charge is 0.128 e. The van der Waals surface area contributed by atoms with Crippen LogP contribution in [0.25, 0.3) is 0 Å². The average Bonchev–Trinajstić information content (AvgIpc) is 2.66. The summed E-state index contributed by atoms with van der Waals surface area (Å²) in [6.45, 7) is 0. The van der Waals surface area contributed by atoms with Crippen LogP contribution in [0.3, 0.4) is 0 Å². The minimum absolute atomic E-state index is 0.197. The number of aryl methyl sites for hydroxylation is 1. The third-order valence-electron chi connectivity index (χ3n) is 2.77. The highest BCUT2D eigenvalue weighted by Gasteiger charge is 2.22. The van der Waals surface area contributed by atoms with Gasteiger partial charge in [-0.3, -0.25) is 4.68 Å². The molecule has 1 unspecified atom stereocenters. The molecule has 0 bridgehead atoms. The van der Waals surface area contributed by atoms with Gasteiger partial charge in [0.2, 0.25) is 0 Å². The van der Waals surface area contributed by atoms with Crippen molar-refractivity contribution in [2.75, 3.05) is 7.05 Å². The van der Waals surface area contributed by atoms with Crippen molar-refractivity contribution in [1.29, 1.82) is 0 Å². The Morgan fingerprint density at radius 1 is 1.39 bits per heavy atom. The van der Waals surface area contributed by atoms with Gasteiger partial charge in [-0.1, -0.05) is 11.6 Å². The summed E-state index contributed by atoms with van der Waals surface area (Å²) in [5.41, 5.74) is 0.784. The van der Waals surface area contributed by atoms with E-state index in [-0.39, 0.29) is 5.56 Å². The molecule has 1 aromatic carbocycles. The Morgan fingerprint density at radius 2 is 2.11 bits per heavy atom. The number of aromatic nitrogens is 2. The van der Waals surface area contributed by atoms with E-state index in [1.165, 1.54) is 10.9 Å². The van der Waals surface area contributed by atoms with Crippen LogP contribution in [0.5, 0.6) is 0 Å². The molecule has 0 aliphatic rings. The van der Waals surface area contributed by atoms with Gasteiger partial charge in [0.1, 0.15) is 11.6 Å². The van der Waals surface area contributed by atoms with Crippen LogP contribution in [0, 0.1) is 11.6 Å². The summed E-state index contributed by atoms with van der Waals surface area (Å²) in [4.78, 5) is 0. The molecule has 3 nitrogen and oxygen atoms in total. The zero-order valence-corrected chi connectivity index (χ0v) is 10.7. The zero-order chi connectivity index (χ0) is 13.3. The first kappa shape index (κ1) is 13.0. The molecule has 0 spiro atoms. The van der Waals surface area contributed by atoms with Crippen molar-refractivity contribution in [1.82, 2.24) is 15.1 Å². The van der Waals surface area contributed by atoms with Gasteiger partial charge in [-0.05, 0) is 25.2 Å². The molecule has 0 amide bonds. The quantitative estimate of drug-likeness (QED) is 0.930. The molecular weight excluding hydrogens is 260 g/mol. The van der Waals surface area contributed by atoms with Crippen LogP contribution in [0.4, 0.5) is 8.78 Å². The molecule has 0 radical (unpaired) electrons. The van der Waals surface area contributed by atoms with E-state index >= 15 is 0 Å². The largest absolute Gasteiger partial charge is 0.308 e. The van der Waals surface area contributed by atoms with E-state index in [2.05, 4.69) is 10.4 Å². The van der Waals surface area contributed by atoms with E-state index in [0.717, 1.165) is 18.2 Å². The fraction of sp³-hybridized carbons (Fsp3) is 0.250. The van der Waals surface area contributed by atoms with Gasteiger partial charge < -0.3 is 5.32 Å². The third-order valence-corrected chi connectivity index (χ3v) is 3.06. The summed E-state index contributed by atoms with van der Waals surface area (Å²) in [5, 5.41) is 7.31. The maximum absolute atomic E-state index is 13.8. The number of halogens is 3. The Hall–Kier alpha value is -1.46. The lowest BCUT2D eigenvalue weighted by molar-refractivity contribution is 0.539. The van der Waals surface area contributed by atoms with E-state index in [9.17, 15) is 8.78 Å². The molecule has 1 N–H and O–H groups in total. The van der Waals surface area contributed by atoms with Gasteiger partial charge in [-0.15, -0.1) is 0 Å². The predicted octanol–water partition coefficient (Wildman–Crippen LogP) is 2.66. The van der Waals surface area contributed by atoms with E-state index in [1.54, 1.807) is 14.1 Å². The number of benzene rings is 1. The minimum Gasteiger partial charge on any atom is -0.308 e. The first-order valence-electron chi connectivity index (χ1n) is 5.34. The zero-order valence-electron chi connectivity index (χ0n) is 9.92. The van der Waals surface area contributed by atoms with Gasteiger partial charge in [0.05, 0.1) is 23.0 Å². The fourth-order valence-electron chi connectivity index (χ4n) is 1.92. The Kier molecular flexibility index (Phi) is 3.63. The molecule has 2 rings (SSSR count). The molecule has 96 valence electrons. The Bertz CT molecular complexity index is 549. The number of nitrogens with zero attached hydrogens (tertiary/aromatic N) is 2. The standard InChI is InChI=1S/C12H12ClF2N3/c1-16-11(12-9(13)6-17-18(12)2)8-5-7(14)3-4-10(8)15/h3-6,11,16H,1-2H3. The molecule has 1 heterocycles. The molecule has 0 saturated heterocycles. The molecular formula is C12H12ClF2N3. The Balaban J connectivity index is 2.55. The van der Waals surface area contributed by atoms with Crippen LogP contribution in [0.1, 0.15) is 17.3 Å². The number of nitrogens with one attached hydrogen (secondary N) is 1. The lowest BCUT2D eigenvalue weighted by atomic mass is 10.0. The maximum atomic E-state index is 13.8. The van der Waals surface area contributed by atoms with Crippen LogP contribution >= 0.6 is 11.6 Å². The Labute approximate surface area is 108 Å². The summed E-state index contributed by atoms with van der Waals surface area (Å²) < 4.78 is 28.6. The average molecular weight is 272 g/mol. The summed E-state index contributed by atoms with van der Waals surface area (Å²) in [6, 6.07) is 2.77. The van der Waals surface area contributed by atoms with Gasteiger partial charge in [0.25, 0.3) is 0 Å². The third kappa shape index (κ3) is 2.23. The van der Waals surface area contributed by atoms with E-state index < -0.39 is 17.7 Å². The topological polar surface area (TPSA) is 29.9 Å². The van der Waals surface area contributed by atoms with Crippen molar-refractivity contribution in [3.63, 3.8) is 0 Å². The van der Waals surface area contributed by atoms with Crippen molar-refractivity contribution >= 4 is 11.6 Å². The summed E-state index contributed by atoms with van der Waals surface area (Å²) in [6.07, 6.45) is 1.47. The van der Waals surface area contributed by atoms with Gasteiger partial charge >= 0.3 is 0 Å². The summed E-state index contributed by atoms with van der Waals surface area (Å²) >= 11 is 6.02. The molecule has 6 heteroatoms. The van der Waals surface area contributed by atoms with Gasteiger partial charge in [0.15, 0.2) is 0 Å². The number of hydrogen-bond acceptors (Lipinski definition) is 2. The first-order chi connectivity index (χ1) is 8.54. The predicted molar refractivity (Wildman–Crippen MR) is 65.5 cm³/mol.